The van der Waals surface area contributed by atoms with E-state index in [1.165, 1.54) is 57.4 Å². The Balaban J connectivity index is 1.54. The summed E-state index contributed by atoms with van der Waals surface area (Å²) >= 11 is 0. The average Bonchev–Trinajstić information content (AvgIpc) is 3.34. The Morgan fingerprint density at radius 2 is 2.05 bits per heavy atom. The molecule has 0 spiro atoms. The summed E-state index contributed by atoms with van der Waals surface area (Å²) in [4.78, 5) is 2.71. The summed E-state index contributed by atoms with van der Waals surface area (Å²) in [5.74, 6) is 1.58. The van der Waals surface area contributed by atoms with Crippen molar-refractivity contribution in [2.45, 2.75) is 51.0 Å². The van der Waals surface area contributed by atoms with Crippen LogP contribution < -0.4 is 5.32 Å². The molecule has 116 valence electrons. The van der Waals surface area contributed by atoms with Crippen LogP contribution >= 0.6 is 0 Å². The van der Waals surface area contributed by atoms with E-state index in [-0.39, 0.29) is 0 Å². The highest BCUT2D eigenvalue weighted by Crippen LogP contribution is 2.40. The van der Waals surface area contributed by atoms with Gasteiger partial charge in [0.15, 0.2) is 0 Å². The van der Waals surface area contributed by atoms with Crippen LogP contribution in [0.1, 0.15) is 51.0 Å². The molecular formula is C19H30N2. The monoisotopic (exact) mass is 286 g/mol. The van der Waals surface area contributed by atoms with Gasteiger partial charge in [-0.05, 0) is 69.6 Å². The molecule has 1 aromatic carbocycles. The zero-order chi connectivity index (χ0) is 14.7. The van der Waals surface area contributed by atoms with E-state index in [9.17, 15) is 0 Å². The zero-order valence-corrected chi connectivity index (χ0v) is 13.6. The summed E-state index contributed by atoms with van der Waals surface area (Å²) in [5, 5.41) is 3.83. The maximum Gasteiger partial charge on any atom is 0.0308 e. The maximum absolute atomic E-state index is 3.83. The summed E-state index contributed by atoms with van der Waals surface area (Å²) < 4.78 is 0. The van der Waals surface area contributed by atoms with Crippen molar-refractivity contribution in [3.8, 4) is 0 Å². The minimum Gasteiger partial charge on any atom is -0.310 e. The molecular weight excluding hydrogens is 256 g/mol. The molecule has 0 bridgehead atoms. The quantitative estimate of drug-likeness (QED) is 0.889. The molecule has 1 aliphatic carbocycles. The van der Waals surface area contributed by atoms with Gasteiger partial charge >= 0.3 is 0 Å². The highest BCUT2D eigenvalue weighted by Gasteiger charge is 2.42. The third-order valence-electron chi connectivity index (χ3n) is 5.46. The molecule has 2 heteroatoms. The van der Waals surface area contributed by atoms with Gasteiger partial charge in [-0.3, -0.25) is 0 Å². The molecule has 0 amide bonds. The molecule has 1 saturated heterocycles. The largest absolute Gasteiger partial charge is 0.310 e. The van der Waals surface area contributed by atoms with E-state index in [1.54, 1.807) is 0 Å². The van der Waals surface area contributed by atoms with Crippen molar-refractivity contribution in [3.63, 3.8) is 0 Å². The van der Waals surface area contributed by atoms with Crippen LogP contribution in [-0.4, -0.2) is 36.6 Å². The van der Waals surface area contributed by atoms with Gasteiger partial charge in [-0.25, -0.2) is 0 Å². The molecule has 21 heavy (non-hydrogen) atoms. The first-order chi connectivity index (χ1) is 10.2. The van der Waals surface area contributed by atoms with Gasteiger partial charge in [0.2, 0.25) is 0 Å². The van der Waals surface area contributed by atoms with E-state index in [0.29, 0.717) is 11.5 Å². The van der Waals surface area contributed by atoms with Crippen molar-refractivity contribution < 1.29 is 0 Å². The van der Waals surface area contributed by atoms with Gasteiger partial charge in [0.1, 0.15) is 0 Å². The molecule has 1 saturated carbocycles. The van der Waals surface area contributed by atoms with Crippen LogP contribution in [0.2, 0.25) is 0 Å². The topological polar surface area (TPSA) is 15.3 Å². The summed E-state index contributed by atoms with van der Waals surface area (Å²) in [6.45, 7) is 9.74. The van der Waals surface area contributed by atoms with Crippen molar-refractivity contribution in [2.75, 3.05) is 26.2 Å². The number of hydrogen-bond donors (Lipinski definition) is 1. The van der Waals surface area contributed by atoms with Gasteiger partial charge in [0.25, 0.3) is 0 Å². The molecule has 1 aromatic rings. The number of hydrogen-bond acceptors (Lipinski definition) is 2. The minimum atomic E-state index is 0.368. The highest BCUT2D eigenvalue weighted by atomic mass is 15.2. The second kappa shape index (κ2) is 6.50. The first-order valence-corrected chi connectivity index (χ1v) is 8.70. The fourth-order valence-electron chi connectivity index (χ4n) is 3.79. The predicted octanol–water partition coefficient (Wildman–Crippen LogP) is 3.64. The first kappa shape index (κ1) is 15.1. The second-order valence-corrected chi connectivity index (χ2v) is 7.35. The fourth-order valence-corrected chi connectivity index (χ4v) is 3.79. The van der Waals surface area contributed by atoms with E-state index in [4.69, 9.17) is 0 Å². The fraction of sp³-hybridized carbons (Fsp3) is 0.684. The lowest BCUT2D eigenvalue weighted by atomic mass is 9.94. The Labute approximate surface area is 129 Å². The van der Waals surface area contributed by atoms with Crippen molar-refractivity contribution in [2.24, 2.45) is 5.92 Å². The maximum atomic E-state index is 3.83. The van der Waals surface area contributed by atoms with Gasteiger partial charge in [-0.2, -0.15) is 0 Å². The number of rotatable bonds is 5. The van der Waals surface area contributed by atoms with Crippen molar-refractivity contribution in [1.82, 2.24) is 10.2 Å². The third kappa shape index (κ3) is 3.87. The standard InChI is InChI=1S/C19H30N2/c1-16(17-7-4-3-5-8-17)11-14-21-13-6-12-20-19(2,15-21)18-9-10-18/h3-5,7-8,16,18,20H,6,9-15H2,1-2H3. The van der Waals surface area contributed by atoms with Gasteiger partial charge in [-0.1, -0.05) is 37.3 Å². The van der Waals surface area contributed by atoms with Crippen LogP contribution in [0, 0.1) is 5.92 Å². The van der Waals surface area contributed by atoms with Gasteiger partial charge in [0.05, 0.1) is 0 Å². The van der Waals surface area contributed by atoms with Crippen LogP contribution in [0.15, 0.2) is 30.3 Å². The second-order valence-electron chi connectivity index (χ2n) is 7.35. The third-order valence-corrected chi connectivity index (χ3v) is 5.46. The van der Waals surface area contributed by atoms with E-state index in [0.717, 1.165) is 5.92 Å². The first-order valence-electron chi connectivity index (χ1n) is 8.70. The highest BCUT2D eigenvalue weighted by molar-refractivity contribution is 5.18. The van der Waals surface area contributed by atoms with Crippen LogP contribution in [-0.2, 0) is 0 Å². The smallest absolute Gasteiger partial charge is 0.0308 e. The molecule has 1 heterocycles. The molecule has 2 aliphatic rings. The van der Waals surface area contributed by atoms with Gasteiger partial charge in [0, 0.05) is 12.1 Å². The van der Waals surface area contributed by atoms with Crippen LogP contribution in [0.3, 0.4) is 0 Å². The SMILES string of the molecule is CC(CCN1CCCNC(C)(C2CC2)C1)c1ccccc1. The zero-order valence-electron chi connectivity index (χ0n) is 13.6. The van der Waals surface area contributed by atoms with Gasteiger partial charge in [-0.15, -0.1) is 0 Å². The van der Waals surface area contributed by atoms with E-state index >= 15 is 0 Å². The molecule has 3 rings (SSSR count). The molecule has 0 aromatic heterocycles. The Hall–Kier alpha value is -0.860. The molecule has 2 nitrogen and oxygen atoms in total. The Morgan fingerprint density at radius 1 is 1.29 bits per heavy atom. The Kier molecular flexibility index (Phi) is 4.66. The summed E-state index contributed by atoms with van der Waals surface area (Å²) in [6, 6.07) is 11.0. The summed E-state index contributed by atoms with van der Waals surface area (Å²) in [7, 11) is 0. The average molecular weight is 286 g/mol. The summed E-state index contributed by atoms with van der Waals surface area (Å²) in [5.41, 5.74) is 1.85. The molecule has 2 atom stereocenters. The molecule has 2 fully saturated rings. The lowest BCUT2D eigenvalue weighted by Gasteiger charge is -2.34. The number of benzene rings is 1. The summed E-state index contributed by atoms with van der Waals surface area (Å²) in [6.07, 6.45) is 5.42. The van der Waals surface area contributed by atoms with Crippen molar-refractivity contribution in [3.05, 3.63) is 35.9 Å². The van der Waals surface area contributed by atoms with Crippen LogP contribution in [0.5, 0.6) is 0 Å². The molecule has 1 aliphatic heterocycles. The molecule has 2 unspecified atom stereocenters. The Bertz CT molecular complexity index is 440. The van der Waals surface area contributed by atoms with E-state index < -0.39 is 0 Å². The normalized spacial score (nSPS) is 29.0. The predicted molar refractivity (Wildman–Crippen MR) is 89.7 cm³/mol. The van der Waals surface area contributed by atoms with E-state index in [2.05, 4.69) is 54.4 Å². The lowest BCUT2D eigenvalue weighted by Crippen LogP contribution is -2.51. The lowest BCUT2D eigenvalue weighted by molar-refractivity contribution is 0.197. The molecule has 0 radical (unpaired) electrons. The van der Waals surface area contributed by atoms with Crippen molar-refractivity contribution >= 4 is 0 Å². The Morgan fingerprint density at radius 3 is 2.76 bits per heavy atom. The van der Waals surface area contributed by atoms with E-state index in [1.807, 2.05) is 0 Å². The number of nitrogens with one attached hydrogen (secondary N) is 1. The van der Waals surface area contributed by atoms with Gasteiger partial charge < -0.3 is 10.2 Å². The minimum absolute atomic E-state index is 0.368. The van der Waals surface area contributed by atoms with Crippen LogP contribution in [0.4, 0.5) is 0 Å². The molecule has 1 N–H and O–H groups in total. The van der Waals surface area contributed by atoms with Crippen LogP contribution in [0.25, 0.3) is 0 Å². The van der Waals surface area contributed by atoms with Crippen molar-refractivity contribution in [1.29, 1.82) is 0 Å². The number of nitrogens with zero attached hydrogens (tertiary/aromatic N) is 1.